The van der Waals surface area contributed by atoms with Gasteiger partial charge < -0.3 is 14.0 Å². The van der Waals surface area contributed by atoms with E-state index in [-0.39, 0.29) is 0 Å². The fourth-order valence-electron chi connectivity index (χ4n) is 8.16. The van der Waals surface area contributed by atoms with Gasteiger partial charge in [-0.25, -0.2) is 0 Å². The molecule has 0 spiro atoms. The summed E-state index contributed by atoms with van der Waals surface area (Å²) in [5.41, 5.74) is 15.7. The number of hydrogen-bond acceptors (Lipinski definition) is 1. The molecule has 3 nitrogen and oxygen atoms in total. The van der Waals surface area contributed by atoms with Crippen LogP contribution in [0.25, 0.3) is 55.0 Å². The summed E-state index contributed by atoms with van der Waals surface area (Å²) >= 11 is 0. The Kier molecular flexibility index (Phi) is 6.70. The number of benzene rings is 7. The van der Waals surface area contributed by atoms with Gasteiger partial charge in [-0.2, -0.15) is 0 Å². The molecule has 0 atom stereocenters. The topological polar surface area (TPSA) is 13.1 Å². The van der Waals surface area contributed by atoms with E-state index in [2.05, 4.69) is 193 Å². The van der Waals surface area contributed by atoms with Crippen molar-refractivity contribution in [3.63, 3.8) is 0 Å². The Balaban J connectivity index is 1.45. The molecule has 7 aromatic carbocycles. The van der Waals surface area contributed by atoms with Crippen molar-refractivity contribution >= 4 is 60.7 Å². The third-order valence-electron chi connectivity index (χ3n) is 9.92. The van der Waals surface area contributed by atoms with Crippen LogP contribution in [0, 0.1) is 27.7 Å². The molecule has 0 N–H and O–H groups in total. The van der Waals surface area contributed by atoms with Gasteiger partial charge >= 0.3 is 0 Å². The summed E-state index contributed by atoms with van der Waals surface area (Å²) in [6.45, 7) is 8.90. The predicted octanol–water partition coefficient (Wildman–Crippen LogP) is 12.6. The van der Waals surface area contributed by atoms with Gasteiger partial charge in [0.2, 0.25) is 0 Å². The van der Waals surface area contributed by atoms with Gasteiger partial charge in [0, 0.05) is 38.6 Å². The molecule has 0 aliphatic carbocycles. The highest BCUT2D eigenvalue weighted by Crippen LogP contribution is 2.48. The van der Waals surface area contributed by atoms with E-state index in [0.717, 1.165) is 28.4 Å². The average molecular weight is 632 g/mol. The smallest absolute Gasteiger partial charge is 0.0571 e. The number of aromatic nitrogens is 2. The molecule has 0 unspecified atom stereocenters. The SMILES string of the molecule is Cc1cc(C)c2c(c1)c1c(N(c3ccccc3)c3cccc4c3c3cc(C)cc(C)c3n4-c3ccccc3)cccc1n2-c1ccccc1. The fourth-order valence-corrected chi connectivity index (χ4v) is 8.16. The summed E-state index contributed by atoms with van der Waals surface area (Å²) in [6.07, 6.45) is 0. The Labute approximate surface area is 286 Å². The lowest BCUT2D eigenvalue weighted by Crippen LogP contribution is -2.11. The first kappa shape index (κ1) is 29.1. The highest BCUT2D eigenvalue weighted by Gasteiger charge is 2.25. The lowest BCUT2D eigenvalue weighted by atomic mass is 10.0. The molecule has 236 valence electrons. The van der Waals surface area contributed by atoms with Crippen molar-refractivity contribution in [3.8, 4) is 11.4 Å². The number of para-hydroxylation sites is 3. The molecule has 2 heterocycles. The van der Waals surface area contributed by atoms with Gasteiger partial charge in [0.1, 0.15) is 0 Å². The minimum absolute atomic E-state index is 1.12. The molecular weight excluding hydrogens is 595 g/mol. The molecule has 9 rings (SSSR count). The molecule has 49 heavy (non-hydrogen) atoms. The normalized spacial score (nSPS) is 11.7. The van der Waals surface area contributed by atoms with E-state index in [1.165, 1.54) is 65.9 Å². The second-order valence-electron chi connectivity index (χ2n) is 13.3. The molecule has 0 bridgehead atoms. The van der Waals surface area contributed by atoms with E-state index in [1.807, 2.05) is 0 Å². The molecule has 0 aliphatic heterocycles. The van der Waals surface area contributed by atoms with E-state index in [9.17, 15) is 0 Å². The molecule has 0 saturated heterocycles. The molecule has 0 amide bonds. The van der Waals surface area contributed by atoms with Gasteiger partial charge in [-0.1, -0.05) is 90.0 Å². The van der Waals surface area contributed by atoms with Gasteiger partial charge in [0.15, 0.2) is 0 Å². The predicted molar refractivity (Wildman–Crippen MR) is 209 cm³/mol. The summed E-state index contributed by atoms with van der Waals surface area (Å²) in [6, 6.07) is 55.3. The molecule has 0 saturated carbocycles. The van der Waals surface area contributed by atoms with Crippen molar-refractivity contribution in [2.24, 2.45) is 0 Å². The average Bonchev–Trinajstić information content (AvgIpc) is 3.64. The van der Waals surface area contributed by atoms with Crippen molar-refractivity contribution in [2.75, 3.05) is 4.90 Å². The fraction of sp³-hybridized carbons (Fsp3) is 0.0870. The zero-order chi connectivity index (χ0) is 33.2. The van der Waals surface area contributed by atoms with Gasteiger partial charge in [0.25, 0.3) is 0 Å². The van der Waals surface area contributed by atoms with Crippen LogP contribution >= 0.6 is 0 Å². The highest BCUT2D eigenvalue weighted by atomic mass is 15.2. The Morgan fingerprint density at radius 1 is 0.408 bits per heavy atom. The van der Waals surface area contributed by atoms with Crippen molar-refractivity contribution in [1.82, 2.24) is 9.13 Å². The number of rotatable bonds is 5. The van der Waals surface area contributed by atoms with Crippen LogP contribution in [0.4, 0.5) is 17.1 Å². The van der Waals surface area contributed by atoms with Crippen LogP contribution in [0.15, 0.2) is 152 Å². The Morgan fingerprint density at radius 3 is 1.24 bits per heavy atom. The Morgan fingerprint density at radius 2 is 0.816 bits per heavy atom. The van der Waals surface area contributed by atoms with Crippen LogP contribution in [-0.2, 0) is 0 Å². The first-order chi connectivity index (χ1) is 24.0. The Bertz CT molecular complexity index is 2510. The van der Waals surface area contributed by atoms with Gasteiger partial charge in [-0.3, -0.25) is 0 Å². The molecular formula is C46H37N3. The second-order valence-corrected chi connectivity index (χ2v) is 13.3. The largest absolute Gasteiger partial charge is 0.309 e. The van der Waals surface area contributed by atoms with Crippen molar-refractivity contribution in [1.29, 1.82) is 0 Å². The van der Waals surface area contributed by atoms with Gasteiger partial charge in [-0.05, 0) is 112 Å². The minimum atomic E-state index is 1.12. The first-order valence-corrected chi connectivity index (χ1v) is 17.0. The summed E-state index contributed by atoms with van der Waals surface area (Å²) < 4.78 is 4.89. The number of aryl methyl sites for hydroxylation is 4. The number of nitrogens with zero attached hydrogens (tertiary/aromatic N) is 3. The maximum Gasteiger partial charge on any atom is 0.0571 e. The molecule has 3 heteroatoms. The standard InChI is InChI=1S/C46H37N3/c1-30-26-32(3)45-37(28-30)43-39(22-14-24-41(43)48(45)35-18-10-6-11-19-35)47(34-16-8-5-9-17-34)40-23-15-25-42-44(40)38-29-31(2)27-33(4)46(38)49(42)36-20-12-7-13-21-36/h5-29H,1-4H3. The van der Waals surface area contributed by atoms with Crippen molar-refractivity contribution in [2.45, 2.75) is 27.7 Å². The maximum absolute atomic E-state index is 2.49. The lowest BCUT2D eigenvalue weighted by Gasteiger charge is -2.27. The minimum Gasteiger partial charge on any atom is -0.309 e. The number of anilines is 3. The van der Waals surface area contributed by atoms with Crippen molar-refractivity contribution in [3.05, 3.63) is 174 Å². The Hall–Kier alpha value is -6.06. The van der Waals surface area contributed by atoms with Crippen LogP contribution in [0.5, 0.6) is 0 Å². The molecule has 2 aromatic heterocycles. The first-order valence-electron chi connectivity index (χ1n) is 17.0. The molecule has 0 fully saturated rings. The summed E-state index contributed by atoms with van der Waals surface area (Å²) in [5, 5.41) is 5.01. The summed E-state index contributed by atoms with van der Waals surface area (Å²) in [5.74, 6) is 0. The molecule has 0 radical (unpaired) electrons. The molecule has 0 aliphatic rings. The third kappa shape index (κ3) is 4.50. The van der Waals surface area contributed by atoms with Crippen LogP contribution in [0.2, 0.25) is 0 Å². The summed E-state index contributed by atoms with van der Waals surface area (Å²) in [7, 11) is 0. The molecule has 9 aromatic rings. The van der Waals surface area contributed by atoms with E-state index in [0.29, 0.717) is 0 Å². The number of hydrogen-bond donors (Lipinski definition) is 0. The van der Waals surface area contributed by atoms with Crippen LogP contribution in [-0.4, -0.2) is 9.13 Å². The van der Waals surface area contributed by atoms with E-state index < -0.39 is 0 Å². The van der Waals surface area contributed by atoms with Gasteiger partial charge in [0.05, 0.1) is 33.4 Å². The monoisotopic (exact) mass is 631 g/mol. The van der Waals surface area contributed by atoms with E-state index in [4.69, 9.17) is 0 Å². The quantitative estimate of drug-likeness (QED) is 0.184. The maximum atomic E-state index is 2.49. The van der Waals surface area contributed by atoms with Crippen LogP contribution in [0.1, 0.15) is 22.3 Å². The lowest BCUT2D eigenvalue weighted by molar-refractivity contribution is 1.16. The number of fused-ring (bicyclic) bond motifs is 6. The highest BCUT2D eigenvalue weighted by molar-refractivity contribution is 6.21. The zero-order valence-corrected chi connectivity index (χ0v) is 28.3. The van der Waals surface area contributed by atoms with Gasteiger partial charge in [-0.15, -0.1) is 0 Å². The zero-order valence-electron chi connectivity index (χ0n) is 28.3. The van der Waals surface area contributed by atoms with Crippen LogP contribution < -0.4 is 4.90 Å². The summed E-state index contributed by atoms with van der Waals surface area (Å²) in [4.78, 5) is 2.49. The second kappa shape index (κ2) is 11.3. The third-order valence-corrected chi connectivity index (χ3v) is 9.92. The van der Waals surface area contributed by atoms with E-state index in [1.54, 1.807) is 0 Å². The van der Waals surface area contributed by atoms with Crippen LogP contribution in [0.3, 0.4) is 0 Å². The van der Waals surface area contributed by atoms with Crippen molar-refractivity contribution < 1.29 is 0 Å². The van der Waals surface area contributed by atoms with E-state index >= 15 is 0 Å².